The van der Waals surface area contributed by atoms with Crippen LogP contribution in [0.5, 0.6) is 0 Å². The monoisotopic (exact) mass is 315 g/mol. The van der Waals surface area contributed by atoms with E-state index in [1.807, 2.05) is 0 Å². The van der Waals surface area contributed by atoms with E-state index in [4.69, 9.17) is 23.2 Å². The van der Waals surface area contributed by atoms with Crippen LogP contribution in [0.4, 0.5) is 8.78 Å². The highest BCUT2D eigenvalue weighted by molar-refractivity contribution is 6.31. The van der Waals surface area contributed by atoms with E-state index in [0.29, 0.717) is 16.7 Å². The molecular formula is C15H13Cl2F2N. The van der Waals surface area contributed by atoms with Gasteiger partial charge in [-0.05, 0) is 43.3 Å². The lowest BCUT2D eigenvalue weighted by molar-refractivity contribution is 0.574. The lowest BCUT2D eigenvalue weighted by Gasteiger charge is -2.20. The van der Waals surface area contributed by atoms with Gasteiger partial charge in [0.25, 0.3) is 0 Å². The van der Waals surface area contributed by atoms with Crippen molar-refractivity contribution in [3.05, 3.63) is 68.7 Å². The Balaban J connectivity index is 2.58. The van der Waals surface area contributed by atoms with Crippen LogP contribution in [0.2, 0.25) is 10.0 Å². The first kappa shape index (κ1) is 15.2. The summed E-state index contributed by atoms with van der Waals surface area (Å²) < 4.78 is 27.6. The number of benzene rings is 2. The molecule has 0 aliphatic carbocycles. The van der Waals surface area contributed by atoms with Crippen molar-refractivity contribution >= 4 is 23.2 Å². The lowest BCUT2D eigenvalue weighted by atomic mass is 9.96. The summed E-state index contributed by atoms with van der Waals surface area (Å²) in [5.74, 6) is -0.897. The zero-order chi connectivity index (χ0) is 14.9. The minimum atomic E-state index is -0.508. The minimum absolute atomic E-state index is 0.0395. The lowest BCUT2D eigenvalue weighted by Crippen LogP contribution is -2.19. The number of nitrogens with one attached hydrogen (secondary N) is 1. The highest BCUT2D eigenvalue weighted by atomic mass is 35.5. The Labute approximate surface area is 126 Å². The van der Waals surface area contributed by atoms with Gasteiger partial charge in [-0.15, -0.1) is 0 Å². The number of aryl methyl sites for hydroxylation is 1. The molecule has 1 nitrogen and oxygen atoms in total. The molecule has 0 heterocycles. The van der Waals surface area contributed by atoms with E-state index < -0.39 is 11.9 Å². The fourth-order valence-corrected chi connectivity index (χ4v) is 2.56. The summed E-state index contributed by atoms with van der Waals surface area (Å²) in [6, 6.07) is 7.11. The minimum Gasteiger partial charge on any atom is -0.309 e. The molecule has 0 spiro atoms. The topological polar surface area (TPSA) is 12.0 Å². The average molecular weight is 316 g/mol. The average Bonchev–Trinajstić information content (AvgIpc) is 2.41. The molecule has 0 aliphatic rings. The normalized spacial score (nSPS) is 12.5. The highest BCUT2D eigenvalue weighted by Crippen LogP contribution is 2.33. The van der Waals surface area contributed by atoms with Gasteiger partial charge in [-0.2, -0.15) is 0 Å². The summed E-state index contributed by atoms with van der Waals surface area (Å²) in [7, 11) is 1.68. The third kappa shape index (κ3) is 2.80. The number of halogens is 4. The van der Waals surface area contributed by atoms with Gasteiger partial charge in [-0.3, -0.25) is 0 Å². The molecule has 20 heavy (non-hydrogen) atoms. The molecule has 2 rings (SSSR count). The van der Waals surface area contributed by atoms with Crippen molar-refractivity contribution in [2.75, 3.05) is 7.05 Å². The summed E-state index contributed by atoms with van der Waals surface area (Å²) in [6.45, 7) is 1.64. The first-order valence-corrected chi connectivity index (χ1v) is 6.78. The van der Waals surface area contributed by atoms with Crippen molar-refractivity contribution in [2.24, 2.45) is 0 Å². The van der Waals surface area contributed by atoms with E-state index >= 15 is 0 Å². The number of rotatable bonds is 3. The second-order valence-electron chi connectivity index (χ2n) is 4.49. The maximum absolute atomic E-state index is 14.1. The molecule has 2 aromatic rings. The number of hydrogen-bond donors (Lipinski definition) is 1. The van der Waals surface area contributed by atoms with Crippen LogP contribution in [0.3, 0.4) is 0 Å². The Kier molecular flexibility index (Phi) is 4.63. The molecule has 1 unspecified atom stereocenters. The molecule has 0 amide bonds. The molecule has 0 bridgehead atoms. The molecule has 1 N–H and O–H groups in total. The molecule has 5 heteroatoms. The summed E-state index contributed by atoms with van der Waals surface area (Å²) >= 11 is 11.9. The van der Waals surface area contributed by atoms with Gasteiger partial charge in [0.15, 0.2) is 0 Å². The zero-order valence-corrected chi connectivity index (χ0v) is 12.5. The summed E-state index contributed by atoms with van der Waals surface area (Å²) in [4.78, 5) is 0. The van der Waals surface area contributed by atoms with Crippen LogP contribution in [0.1, 0.15) is 22.7 Å². The standard InChI is InChI=1S/C15H13Cl2F2N/c1-8-6-10(12(17)7-13(8)18)15(20-2)9-4-3-5-11(16)14(9)19/h3-7,15,20H,1-2H3. The van der Waals surface area contributed by atoms with Crippen LogP contribution >= 0.6 is 23.2 Å². The van der Waals surface area contributed by atoms with Crippen LogP contribution < -0.4 is 5.32 Å². The predicted molar refractivity (Wildman–Crippen MR) is 78.5 cm³/mol. The zero-order valence-electron chi connectivity index (χ0n) is 11.0. The largest absolute Gasteiger partial charge is 0.309 e. The van der Waals surface area contributed by atoms with E-state index in [2.05, 4.69) is 5.32 Å². The first-order chi connectivity index (χ1) is 9.45. The second-order valence-corrected chi connectivity index (χ2v) is 5.30. The van der Waals surface area contributed by atoms with Crippen molar-refractivity contribution < 1.29 is 8.78 Å². The van der Waals surface area contributed by atoms with Crippen LogP contribution in [0.25, 0.3) is 0 Å². The van der Waals surface area contributed by atoms with Gasteiger partial charge in [0.05, 0.1) is 11.1 Å². The van der Waals surface area contributed by atoms with Crippen molar-refractivity contribution in [2.45, 2.75) is 13.0 Å². The van der Waals surface area contributed by atoms with Crippen molar-refractivity contribution in [1.29, 1.82) is 0 Å². The molecule has 2 aromatic carbocycles. The molecular weight excluding hydrogens is 303 g/mol. The quantitative estimate of drug-likeness (QED) is 0.850. The van der Waals surface area contributed by atoms with Crippen molar-refractivity contribution in [1.82, 2.24) is 5.32 Å². The highest BCUT2D eigenvalue weighted by Gasteiger charge is 2.21. The molecule has 0 saturated carbocycles. The molecule has 1 atom stereocenters. The van der Waals surface area contributed by atoms with Crippen molar-refractivity contribution in [3.63, 3.8) is 0 Å². The molecule has 0 saturated heterocycles. The number of hydrogen-bond acceptors (Lipinski definition) is 1. The Bertz CT molecular complexity index is 644. The predicted octanol–water partition coefficient (Wildman–Crippen LogP) is 4.89. The Morgan fingerprint density at radius 1 is 1.05 bits per heavy atom. The fourth-order valence-electron chi connectivity index (χ4n) is 2.12. The van der Waals surface area contributed by atoms with Crippen LogP contribution in [0.15, 0.2) is 30.3 Å². The second kappa shape index (κ2) is 6.08. The fraction of sp³-hybridized carbons (Fsp3) is 0.200. The Morgan fingerprint density at radius 3 is 2.40 bits per heavy atom. The molecule has 106 valence electrons. The van der Waals surface area contributed by atoms with Crippen LogP contribution in [0, 0.1) is 18.6 Å². The molecule has 0 aromatic heterocycles. The van der Waals surface area contributed by atoms with E-state index in [1.54, 1.807) is 32.2 Å². The maximum atomic E-state index is 14.1. The van der Waals surface area contributed by atoms with Gasteiger partial charge >= 0.3 is 0 Å². The third-order valence-corrected chi connectivity index (χ3v) is 3.79. The van der Waals surface area contributed by atoms with Crippen LogP contribution in [-0.4, -0.2) is 7.05 Å². The van der Waals surface area contributed by atoms with E-state index in [-0.39, 0.29) is 15.9 Å². The summed E-state index contributed by atoms with van der Waals surface area (Å²) in [6.07, 6.45) is 0. The third-order valence-electron chi connectivity index (χ3n) is 3.17. The smallest absolute Gasteiger partial charge is 0.146 e. The Morgan fingerprint density at radius 2 is 1.75 bits per heavy atom. The van der Waals surface area contributed by atoms with Gasteiger partial charge in [-0.25, -0.2) is 8.78 Å². The van der Waals surface area contributed by atoms with Gasteiger partial charge in [0.2, 0.25) is 0 Å². The van der Waals surface area contributed by atoms with E-state index in [0.717, 1.165) is 0 Å². The maximum Gasteiger partial charge on any atom is 0.146 e. The summed E-state index contributed by atoms with van der Waals surface area (Å²) in [5.41, 5.74) is 1.43. The Hall–Kier alpha value is -1.16. The SMILES string of the molecule is CNC(c1cc(C)c(F)cc1Cl)c1cccc(Cl)c1F. The van der Waals surface area contributed by atoms with Crippen molar-refractivity contribution in [3.8, 4) is 0 Å². The molecule has 0 radical (unpaired) electrons. The van der Waals surface area contributed by atoms with Gasteiger partial charge in [-0.1, -0.05) is 35.3 Å². The molecule has 0 aliphatic heterocycles. The van der Waals surface area contributed by atoms with E-state index in [1.165, 1.54) is 12.1 Å². The molecule has 0 fully saturated rings. The van der Waals surface area contributed by atoms with Gasteiger partial charge in [0, 0.05) is 10.6 Å². The van der Waals surface area contributed by atoms with Gasteiger partial charge < -0.3 is 5.32 Å². The summed E-state index contributed by atoms with van der Waals surface area (Å²) in [5, 5.41) is 3.27. The van der Waals surface area contributed by atoms with E-state index in [9.17, 15) is 8.78 Å². The first-order valence-electron chi connectivity index (χ1n) is 6.02. The van der Waals surface area contributed by atoms with Gasteiger partial charge in [0.1, 0.15) is 11.6 Å². The van der Waals surface area contributed by atoms with Crippen LogP contribution in [-0.2, 0) is 0 Å².